The monoisotopic (exact) mass is 466 g/mol. The molecular weight excluding hydrogens is 444 g/mol. The summed E-state index contributed by atoms with van der Waals surface area (Å²) in [6.07, 6.45) is 1.55. The van der Waals surface area contributed by atoms with Crippen LogP contribution in [0.4, 0.5) is 5.13 Å². The summed E-state index contributed by atoms with van der Waals surface area (Å²) in [6, 6.07) is 10.9. The van der Waals surface area contributed by atoms with Crippen LogP contribution in [-0.4, -0.2) is 42.6 Å². The Balaban J connectivity index is 1.89. The summed E-state index contributed by atoms with van der Waals surface area (Å²) in [7, 11) is 3.02. The van der Waals surface area contributed by atoms with Crippen molar-refractivity contribution in [1.29, 1.82) is 0 Å². The van der Waals surface area contributed by atoms with E-state index in [1.807, 2.05) is 6.92 Å². The molecule has 0 aliphatic carbocycles. The molecule has 33 heavy (non-hydrogen) atoms. The summed E-state index contributed by atoms with van der Waals surface area (Å²) in [5, 5.41) is 13.2. The van der Waals surface area contributed by atoms with Gasteiger partial charge in [0.15, 0.2) is 16.6 Å². The van der Waals surface area contributed by atoms with Gasteiger partial charge in [0.05, 0.1) is 32.4 Å². The van der Waals surface area contributed by atoms with Gasteiger partial charge in [-0.25, -0.2) is 4.98 Å². The number of Topliss-reactive ketones (excluding diaryl/α,β-unsaturated/α-hetero) is 1. The molecule has 170 valence electrons. The van der Waals surface area contributed by atoms with E-state index in [0.717, 1.165) is 0 Å². The molecule has 4 rings (SSSR count). The molecule has 1 N–H and O–H groups in total. The highest BCUT2D eigenvalue weighted by Crippen LogP contribution is 2.44. The maximum atomic E-state index is 13.1. The smallest absolute Gasteiger partial charge is 0.301 e. The van der Waals surface area contributed by atoms with Gasteiger partial charge in [-0.15, -0.1) is 11.3 Å². The number of thiazole rings is 1. The van der Waals surface area contributed by atoms with Crippen molar-refractivity contribution in [3.63, 3.8) is 0 Å². The lowest BCUT2D eigenvalue weighted by Crippen LogP contribution is -2.29. The minimum atomic E-state index is -0.900. The number of anilines is 1. The van der Waals surface area contributed by atoms with Gasteiger partial charge in [-0.3, -0.25) is 14.5 Å². The summed E-state index contributed by atoms with van der Waals surface area (Å²) in [5.74, 6) is -0.280. The predicted octanol–water partition coefficient (Wildman–Crippen LogP) is 4.19. The minimum Gasteiger partial charge on any atom is -0.507 e. The first-order chi connectivity index (χ1) is 16.0. The Morgan fingerprint density at radius 2 is 1.82 bits per heavy atom. The Morgan fingerprint density at radius 3 is 2.42 bits per heavy atom. The summed E-state index contributed by atoms with van der Waals surface area (Å²) < 4.78 is 16.2. The predicted molar refractivity (Wildman–Crippen MR) is 124 cm³/mol. The molecule has 2 heterocycles. The first kappa shape index (κ1) is 22.3. The second kappa shape index (κ2) is 9.33. The number of aromatic nitrogens is 1. The highest BCUT2D eigenvalue weighted by molar-refractivity contribution is 7.14. The lowest BCUT2D eigenvalue weighted by atomic mass is 9.95. The van der Waals surface area contributed by atoms with E-state index in [1.165, 1.54) is 30.5 Å². The number of amides is 1. The summed E-state index contributed by atoms with van der Waals surface area (Å²) in [6.45, 7) is 2.38. The first-order valence-corrected chi connectivity index (χ1v) is 11.0. The molecule has 1 atom stereocenters. The lowest BCUT2D eigenvalue weighted by molar-refractivity contribution is -0.132. The highest BCUT2D eigenvalue weighted by Gasteiger charge is 2.48. The molecule has 3 aromatic rings. The second-order valence-corrected chi connectivity index (χ2v) is 7.93. The molecule has 1 aromatic heterocycles. The van der Waals surface area contributed by atoms with E-state index in [2.05, 4.69) is 4.98 Å². The zero-order chi connectivity index (χ0) is 23.5. The molecule has 2 aromatic carbocycles. The zero-order valence-electron chi connectivity index (χ0n) is 18.3. The first-order valence-electron chi connectivity index (χ1n) is 10.2. The molecule has 1 amide bonds. The van der Waals surface area contributed by atoms with Crippen molar-refractivity contribution in [3.8, 4) is 17.2 Å². The van der Waals surface area contributed by atoms with Crippen molar-refractivity contribution < 1.29 is 28.9 Å². The molecule has 0 unspecified atom stereocenters. The second-order valence-electron chi connectivity index (χ2n) is 7.06. The Bertz CT molecular complexity index is 1200. The lowest BCUT2D eigenvalue weighted by Gasteiger charge is -2.23. The largest absolute Gasteiger partial charge is 0.507 e. The van der Waals surface area contributed by atoms with Crippen LogP contribution >= 0.6 is 11.3 Å². The zero-order valence-corrected chi connectivity index (χ0v) is 19.1. The van der Waals surface area contributed by atoms with E-state index in [1.54, 1.807) is 54.0 Å². The van der Waals surface area contributed by atoms with Gasteiger partial charge in [-0.1, -0.05) is 6.07 Å². The number of ether oxygens (including phenoxy) is 3. The molecule has 0 spiro atoms. The number of aliphatic hydroxyl groups excluding tert-OH is 1. The van der Waals surface area contributed by atoms with E-state index < -0.39 is 17.7 Å². The van der Waals surface area contributed by atoms with Crippen LogP contribution < -0.4 is 19.1 Å². The molecule has 1 aliphatic rings. The molecule has 0 saturated carbocycles. The molecule has 1 aliphatic heterocycles. The fourth-order valence-electron chi connectivity index (χ4n) is 3.73. The van der Waals surface area contributed by atoms with E-state index >= 15 is 0 Å². The van der Waals surface area contributed by atoms with Gasteiger partial charge in [0, 0.05) is 17.1 Å². The number of methoxy groups -OCH3 is 2. The van der Waals surface area contributed by atoms with Gasteiger partial charge in [0.25, 0.3) is 5.78 Å². The van der Waals surface area contributed by atoms with Gasteiger partial charge >= 0.3 is 5.91 Å². The van der Waals surface area contributed by atoms with Gasteiger partial charge < -0.3 is 19.3 Å². The van der Waals surface area contributed by atoms with Gasteiger partial charge in [-0.05, 0) is 48.9 Å². The Kier molecular flexibility index (Phi) is 6.32. The molecule has 0 bridgehead atoms. The van der Waals surface area contributed by atoms with Crippen LogP contribution in [0.15, 0.2) is 59.6 Å². The van der Waals surface area contributed by atoms with E-state index in [9.17, 15) is 14.7 Å². The summed E-state index contributed by atoms with van der Waals surface area (Å²) >= 11 is 1.22. The van der Waals surface area contributed by atoms with Crippen LogP contribution in [0.1, 0.15) is 24.1 Å². The number of hydrogen-bond donors (Lipinski definition) is 1. The molecule has 9 heteroatoms. The van der Waals surface area contributed by atoms with Crippen LogP contribution in [0.3, 0.4) is 0 Å². The Labute approximate surface area is 194 Å². The maximum Gasteiger partial charge on any atom is 0.301 e. The molecular formula is C24H22N2O6S. The van der Waals surface area contributed by atoms with Crippen LogP contribution in [-0.2, 0) is 9.59 Å². The van der Waals surface area contributed by atoms with Crippen molar-refractivity contribution in [3.05, 3.63) is 70.7 Å². The quantitative estimate of drug-likeness (QED) is 0.317. The van der Waals surface area contributed by atoms with Crippen molar-refractivity contribution in [2.24, 2.45) is 0 Å². The van der Waals surface area contributed by atoms with Crippen molar-refractivity contribution in [2.45, 2.75) is 13.0 Å². The number of nitrogens with zero attached hydrogens (tertiary/aromatic N) is 2. The fraction of sp³-hybridized carbons (Fsp3) is 0.208. The van der Waals surface area contributed by atoms with Crippen LogP contribution in [0.5, 0.6) is 17.2 Å². The van der Waals surface area contributed by atoms with Crippen LogP contribution in [0.25, 0.3) is 5.76 Å². The van der Waals surface area contributed by atoms with E-state index in [-0.39, 0.29) is 11.3 Å². The van der Waals surface area contributed by atoms with Crippen molar-refractivity contribution in [1.82, 2.24) is 4.98 Å². The van der Waals surface area contributed by atoms with E-state index in [0.29, 0.717) is 40.1 Å². The van der Waals surface area contributed by atoms with Gasteiger partial charge in [0.2, 0.25) is 0 Å². The third kappa shape index (κ3) is 4.03. The molecule has 0 radical (unpaired) electrons. The number of carbonyl (C=O) groups excluding carboxylic acids is 2. The summed E-state index contributed by atoms with van der Waals surface area (Å²) in [4.78, 5) is 31.7. The standard InChI is InChI=1S/C24H22N2O6S/c1-4-32-16-8-5-14(6-9-16)21(27)19-20(15-7-10-17(30-2)18(13-15)31-3)26(23(29)22(19)28)24-25-11-12-33-24/h5-13,20,27H,4H2,1-3H3/t20-/m1/s1. The highest BCUT2D eigenvalue weighted by atomic mass is 32.1. The SMILES string of the molecule is CCOc1ccc(C(O)=C2C(=O)C(=O)N(c3nccs3)[C@@H]2c2ccc(OC)c(OC)c2)cc1. The average Bonchev–Trinajstić information content (AvgIpc) is 3.45. The van der Waals surface area contributed by atoms with Gasteiger partial charge in [0.1, 0.15) is 11.5 Å². The van der Waals surface area contributed by atoms with E-state index in [4.69, 9.17) is 14.2 Å². The number of aliphatic hydroxyl groups is 1. The van der Waals surface area contributed by atoms with Gasteiger partial charge in [-0.2, -0.15) is 0 Å². The number of hydrogen-bond acceptors (Lipinski definition) is 8. The van der Waals surface area contributed by atoms with Crippen molar-refractivity contribution >= 4 is 33.9 Å². The summed E-state index contributed by atoms with van der Waals surface area (Å²) in [5.41, 5.74) is 0.919. The van der Waals surface area contributed by atoms with Crippen LogP contribution in [0.2, 0.25) is 0 Å². The molecule has 8 nitrogen and oxygen atoms in total. The minimum absolute atomic E-state index is 0.0356. The fourth-order valence-corrected chi connectivity index (χ4v) is 4.40. The third-order valence-corrected chi connectivity index (χ3v) is 6.00. The molecule has 1 fully saturated rings. The Morgan fingerprint density at radius 1 is 1.09 bits per heavy atom. The normalized spacial score (nSPS) is 17.3. The number of ketones is 1. The molecule has 1 saturated heterocycles. The Hall–Kier alpha value is -3.85. The average molecular weight is 467 g/mol. The number of carbonyl (C=O) groups is 2. The maximum absolute atomic E-state index is 13.1. The number of rotatable bonds is 7. The number of benzene rings is 2. The topological polar surface area (TPSA) is 98.2 Å². The van der Waals surface area contributed by atoms with Crippen LogP contribution in [0, 0.1) is 0 Å². The van der Waals surface area contributed by atoms with Crippen molar-refractivity contribution in [2.75, 3.05) is 25.7 Å². The third-order valence-electron chi connectivity index (χ3n) is 5.23.